The van der Waals surface area contributed by atoms with Gasteiger partial charge in [-0.15, -0.1) is 0 Å². The van der Waals surface area contributed by atoms with E-state index in [1.165, 1.54) is 7.11 Å². The van der Waals surface area contributed by atoms with Crippen LogP contribution in [0.2, 0.25) is 0 Å². The van der Waals surface area contributed by atoms with Gasteiger partial charge >= 0.3 is 5.97 Å². The SMILES string of the molecule is COC1=CC[C@H](C/C(=N/OC(=O)c2c(F)c(F)c(F)c(F)c2F)c2ccccc2)C=C1. The summed E-state index contributed by atoms with van der Waals surface area (Å²) in [6.45, 7) is 0. The lowest BCUT2D eigenvalue weighted by Gasteiger charge is -2.16. The first-order valence-electron chi connectivity index (χ1n) is 9.10. The minimum Gasteiger partial charge on any atom is -0.497 e. The molecule has 4 nitrogen and oxygen atoms in total. The highest BCUT2D eigenvalue weighted by Gasteiger charge is 2.31. The van der Waals surface area contributed by atoms with E-state index in [9.17, 15) is 26.7 Å². The van der Waals surface area contributed by atoms with Crippen molar-refractivity contribution in [3.8, 4) is 0 Å². The van der Waals surface area contributed by atoms with Crippen molar-refractivity contribution in [2.45, 2.75) is 12.8 Å². The fourth-order valence-corrected chi connectivity index (χ4v) is 2.96. The Kier molecular flexibility index (Phi) is 6.84. The van der Waals surface area contributed by atoms with E-state index in [2.05, 4.69) is 9.99 Å². The Hall–Kier alpha value is -3.49. The van der Waals surface area contributed by atoms with Crippen molar-refractivity contribution in [3.63, 3.8) is 0 Å². The standard InChI is InChI=1S/C22H16F5NO3/c1-30-14-9-7-12(8-10-14)11-15(13-5-3-2-4-6-13)28-31-22(29)16-17(23)19(25)21(27)20(26)18(16)24/h2-7,9-10,12H,8,11H2,1H3/b28-15-/t12-/m1/s1. The van der Waals surface area contributed by atoms with Crippen LogP contribution in [0.3, 0.4) is 0 Å². The number of ether oxygens (including phenoxy) is 1. The van der Waals surface area contributed by atoms with Crippen molar-refractivity contribution in [2.75, 3.05) is 7.11 Å². The van der Waals surface area contributed by atoms with Crippen LogP contribution in [0.5, 0.6) is 0 Å². The summed E-state index contributed by atoms with van der Waals surface area (Å²) in [4.78, 5) is 16.7. The van der Waals surface area contributed by atoms with Gasteiger partial charge in [0.15, 0.2) is 23.3 Å². The van der Waals surface area contributed by atoms with Crippen molar-refractivity contribution in [2.24, 2.45) is 11.1 Å². The predicted molar refractivity (Wildman–Crippen MR) is 102 cm³/mol. The molecule has 0 aliphatic heterocycles. The van der Waals surface area contributed by atoms with Crippen molar-refractivity contribution < 1.29 is 36.3 Å². The van der Waals surface area contributed by atoms with Crippen LogP contribution >= 0.6 is 0 Å². The first-order chi connectivity index (χ1) is 14.8. The molecule has 162 valence electrons. The van der Waals surface area contributed by atoms with Crippen LogP contribution in [0.25, 0.3) is 0 Å². The summed E-state index contributed by atoms with van der Waals surface area (Å²) < 4.78 is 72.7. The summed E-state index contributed by atoms with van der Waals surface area (Å²) in [5.41, 5.74) is -0.901. The van der Waals surface area contributed by atoms with Crippen LogP contribution in [0.1, 0.15) is 28.8 Å². The van der Waals surface area contributed by atoms with E-state index in [-0.39, 0.29) is 18.1 Å². The lowest BCUT2D eigenvalue weighted by molar-refractivity contribution is 0.0500. The molecule has 9 heteroatoms. The van der Waals surface area contributed by atoms with Gasteiger partial charge in [-0.1, -0.05) is 41.6 Å². The van der Waals surface area contributed by atoms with Gasteiger partial charge in [0, 0.05) is 6.42 Å². The number of hydrogen-bond acceptors (Lipinski definition) is 4. The van der Waals surface area contributed by atoms with Gasteiger partial charge in [-0.2, -0.15) is 0 Å². The van der Waals surface area contributed by atoms with Crippen molar-refractivity contribution in [3.05, 3.63) is 94.5 Å². The predicted octanol–water partition coefficient (Wildman–Crippen LogP) is 5.44. The molecule has 1 atom stereocenters. The Bertz CT molecular complexity index is 1050. The third-order valence-corrected chi connectivity index (χ3v) is 4.61. The average molecular weight is 437 g/mol. The van der Waals surface area contributed by atoms with Crippen LogP contribution in [0.4, 0.5) is 22.0 Å². The largest absolute Gasteiger partial charge is 0.497 e. The fraction of sp³-hybridized carbons (Fsp3) is 0.182. The van der Waals surface area contributed by atoms with Gasteiger partial charge in [-0.05, 0) is 30.1 Å². The van der Waals surface area contributed by atoms with E-state index in [0.717, 1.165) is 0 Å². The highest BCUT2D eigenvalue weighted by Crippen LogP contribution is 2.25. The zero-order valence-electron chi connectivity index (χ0n) is 16.2. The van der Waals surface area contributed by atoms with Crippen LogP contribution in [0.15, 0.2) is 59.5 Å². The van der Waals surface area contributed by atoms with E-state index < -0.39 is 40.6 Å². The molecule has 0 aromatic heterocycles. The van der Waals surface area contributed by atoms with E-state index in [1.807, 2.05) is 12.2 Å². The second kappa shape index (κ2) is 9.55. The summed E-state index contributed by atoms with van der Waals surface area (Å²) in [6.07, 6.45) is 6.35. The number of benzene rings is 2. The second-order valence-electron chi connectivity index (χ2n) is 6.60. The smallest absolute Gasteiger partial charge is 0.371 e. The summed E-state index contributed by atoms with van der Waals surface area (Å²) in [6, 6.07) is 8.50. The zero-order chi connectivity index (χ0) is 22.5. The van der Waals surface area contributed by atoms with Gasteiger partial charge in [0.1, 0.15) is 11.3 Å². The van der Waals surface area contributed by atoms with Crippen molar-refractivity contribution in [1.82, 2.24) is 0 Å². The number of allylic oxidation sites excluding steroid dienone is 3. The van der Waals surface area contributed by atoms with Crippen LogP contribution in [-0.4, -0.2) is 18.8 Å². The van der Waals surface area contributed by atoms with Gasteiger partial charge in [0.25, 0.3) is 0 Å². The molecule has 2 aromatic rings. The van der Waals surface area contributed by atoms with Crippen LogP contribution < -0.4 is 0 Å². The normalized spacial score (nSPS) is 16.1. The van der Waals surface area contributed by atoms with Gasteiger partial charge in [0.05, 0.1) is 12.8 Å². The maximum absolute atomic E-state index is 13.8. The summed E-state index contributed by atoms with van der Waals surface area (Å²) in [5, 5.41) is 3.68. The molecule has 2 aromatic carbocycles. The summed E-state index contributed by atoms with van der Waals surface area (Å²) in [5.74, 6) is -12.6. The molecular formula is C22H16F5NO3. The summed E-state index contributed by atoms with van der Waals surface area (Å²) in [7, 11) is 1.53. The quantitative estimate of drug-likeness (QED) is 0.151. The number of carbonyl (C=O) groups excluding carboxylic acids is 1. The number of hydrogen-bond donors (Lipinski definition) is 0. The minimum absolute atomic E-state index is 0.0502. The van der Waals surface area contributed by atoms with E-state index >= 15 is 0 Å². The Balaban J connectivity index is 1.88. The van der Waals surface area contributed by atoms with Crippen molar-refractivity contribution in [1.29, 1.82) is 0 Å². The van der Waals surface area contributed by atoms with Gasteiger partial charge in [-0.25, -0.2) is 26.7 Å². The van der Waals surface area contributed by atoms with Crippen LogP contribution in [0, 0.1) is 35.0 Å². The Morgan fingerprint density at radius 3 is 2.16 bits per heavy atom. The highest BCUT2D eigenvalue weighted by molar-refractivity contribution is 6.01. The molecule has 3 rings (SSSR count). The molecule has 0 unspecified atom stereocenters. The van der Waals surface area contributed by atoms with Gasteiger partial charge < -0.3 is 9.57 Å². The molecule has 0 saturated carbocycles. The third-order valence-electron chi connectivity index (χ3n) is 4.61. The van der Waals surface area contributed by atoms with Crippen molar-refractivity contribution >= 4 is 11.7 Å². The molecule has 0 saturated heterocycles. The molecule has 0 heterocycles. The topological polar surface area (TPSA) is 47.9 Å². The summed E-state index contributed by atoms with van der Waals surface area (Å²) >= 11 is 0. The molecule has 0 bridgehead atoms. The number of rotatable bonds is 6. The van der Waals surface area contributed by atoms with E-state index in [0.29, 0.717) is 17.7 Å². The van der Waals surface area contributed by atoms with Gasteiger partial charge in [-0.3, -0.25) is 0 Å². The molecule has 0 amide bonds. The second-order valence-corrected chi connectivity index (χ2v) is 6.60. The maximum Gasteiger partial charge on any atom is 0.371 e. The molecule has 0 radical (unpaired) electrons. The zero-order valence-corrected chi connectivity index (χ0v) is 16.2. The monoisotopic (exact) mass is 437 g/mol. The van der Waals surface area contributed by atoms with E-state index in [1.54, 1.807) is 36.4 Å². The maximum atomic E-state index is 13.8. The lowest BCUT2D eigenvalue weighted by atomic mass is 9.92. The Morgan fingerprint density at radius 1 is 1.00 bits per heavy atom. The highest BCUT2D eigenvalue weighted by atomic mass is 19.2. The minimum atomic E-state index is -2.37. The first-order valence-corrected chi connectivity index (χ1v) is 9.10. The fourth-order valence-electron chi connectivity index (χ4n) is 2.96. The Morgan fingerprint density at radius 2 is 1.61 bits per heavy atom. The first kappa shape index (κ1) is 22.2. The lowest BCUT2D eigenvalue weighted by Crippen LogP contribution is -2.15. The molecule has 1 aliphatic rings. The van der Waals surface area contributed by atoms with Gasteiger partial charge in [0.2, 0.25) is 5.82 Å². The molecule has 0 N–H and O–H groups in total. The number of carbonyl (C=O) groups is 1. The number of nitrogens with zero attached hydrogens (tertiary/aromatic N) is 1. The molecule has 0 fully saturated rings. The van der Waals surface area contributed by atoms with E-state index in [4.69, 9.17) is 4.74 Å². The third kappa shape index (κ3) is 4.82. The number of halogens is 5. The number of methoxy groups -OCH3 is 1. The van der Waals surface area contributed by atoms with Crippen LogP contribution in [-0.2, 0) is 9.57 Å². The molecule has 1 aliphatic carbocycles. The Labute approximate surface area is 174 Å². The number of oxime groups is 1. The molecule has 0 spiro atoms. The molecule has 31 heavy (non-hydrogen) atoms. The average Bonchev–Trinajstić information content (AvgIpc) is 2.80. The molecular weight excluding hydrogens is 421 g/mol.